The Morgan fingerprint density at radius 3 is 2.66 bits per heavy atom. The monoisotopic (exact) mass is 391 g/mol. The molecule has 0 aliphatic carbocycles. The number of nitrogens with one attached hydrogen (secondary N) is 2. The molecule has 1 unspecified atom stereocenters. The van der Waals surface area contributed by atoms with Gasteiger partial charge in [-0.05, 0) is 30.9 Å². The average Bonchev–Trinajstić information content (AvgIpc) is 3.03. The van der Waals surface area contributed by atoms with E-state index in [0.29, 0.717) is 0 Å². The van der Waals surface area contributed by atoms with E-state index in [-0.39, 0.29) is 29.0 Å². The SMILES string of the molecule is CC(C)c1ccc(C(=O)NC2CCc3nnc(-c4ccccc4)n3CC2)c(=O)[nH]1. The van der Waals surface area contributed by atoms with E-state index < -0.39 is 0 Å². The molecule has 1 aliphatic heterocycles. The van der Waals surface area contributed by atoms with Gasteiger partial charge in [-0.3, -0.25) is 9.59 Å². The van der Waals surface area contributed by atoms with Crippen LogP contribution in [-0.4, -0.2) is 31.7 Å². The minimum Gasteiger partial charge on any atom is -0.349 e. The van der Waals surface area contributed by atoms with E-state index >= 15 is 0 Å². The number of benzene rings is 1. The van der Waals surface area contributed by atoms with Gasteiger partial charge in [-0.2, -0.15) is 0 Å². The van der Waals surface area contributed by atoms with Crippen LogP contribution in [0.3, 0.4) is 0 Å². The van der Waals surface area contributed by atoms with Gasteiger partial charge in [0.15, 0.2) is 5.82 Å². The Morgan fingerprint density at radius 1 is 1.14 bits per heavy atom. The Balaban J connectivity index is 1.46. The van der Waals surface area contributed by atoms with Gasteiger partial charge in [-0.15, -0.1) is 10.2 Å². The summed E-state index contributed by atoms with van der Waals surface area (Å²) in [5.41, 5.74) is 1.67. The van der Waals surface area contributed by atoms with Gasteiger partial charge in [0.05, 0.1) is 0 Å². The molecule has 0 saturated heterocycles. The molecular weight excluding hydrogens is 366 g/mol. The van der Waals surface area contributed by atoms with Crippen molar-refractivity contribution in [1.82, 2.24) is 25.1 Å². The molecule has 0 saturated carbocycles. The predicted molar refractivity (Wildman–Crippen MR) is 111 cm³/mol. The highest BCUT2D eigenvalue weighted by atomic mass is 16.2. The second-order valence-electron chi connectivity index (χ2n) is 7.77. The molecule has 3 heterocycles. The molecule has 29 heavy (non-hydrogen) atoms. The van der Waals surface area contributed by atoms with Crippen molar-refractivity contribution in [2.24, 2.45) is 0 Å². The van der Waals surface area contributed by atoms with Crippen LogP contribution < -0.4 is 10.9 Å². The highest BCUT2D eigenvalue weighted by Gasteiger charge is 2.23. The second kappa shape index (κ2) is 8.03. The summed E-state index contributed by atoms with van der Waals surface area (Å²) in [6, 6.07) is 13.4. The molecule has 1 aromatic carbocycles. The van der Waals surface area contributed by atoms with Crippen LogP contribution in [0.1, 0.15) is 54.5 Å². The number of aryl methyl sites for hydroxylation is 1. The molecule has 1 atom stereocenters. The van der Waals surface area contributed by atoms with Crippen LogP contribution in [-0.2, 0) is 13.0 Å². The summed E-state index contributed by atoms with van der Waals surface area (Å²) < 4.78 is 2.13. The number of nitrogens with zero attached hydrogens (tertiary/aromatic N) is 3. The van der Waals surface area contributed by atoms with Gasteiger partial charge in [0.25, 0.3) is 11.5 Å². The fourth-order valence-electron chi connectivity index (χ4n) is 3.70. The van der Waals surface area contributed by atoms with Crippen molar-refractivity contribution in [3.05, 3.63) is 69.9 Å². The molecule has 0 spiro atoms. The first-order chi connectivity index (χ1) is 14.0. The first kappa shape index (κ1) is 19.1. The minimum atomic E-state index is -0.342. The van der Waals surface area contributed by atoms with Crippen molar-refractivity contribution in [2.75, 3.05) is 0 Å². The molecule has 7 heteroatoms. The maximum atomic E-state index is 12.7. The summed E-state index contributed by atoms with van der Waals surface area (Å²) in [5, 5.41) is 11.7. The Bertz CT molecular complexity index is 1070. The van der Waals surface area contributed by atoms with Gasteiger partial charge >= 0.3 is 0 Å². The van der Waals surface area contributed by atoms with Gasteiger partial charge in [0, 0.05) is 30.3 Å². The van der Waals surface area contributed by atoms with E-state index in [1.165, 1.54) is 0 Å². The molecule has 0 radical (unpaired) electrons. The van der Waals surface area contributed by atoms with Crippen molar-refractivity contribution in [3.8, 4) is 11.4 Å². The smallest absolute Gasteiger partial charge is 0.261 e. The third-order valence-corrected chi connectivity index (χ3v) is 5.41. The largest absolute Gasteiger partial charge is 0.349 e. The first-order valence-corrected chi connectivity index (χ1v) is 10.0. The number of aromatic nitrogens is 4. The molecule has 2 aromatic heterocycles. The zero-order chi connectivity index (χ0) is 20.4. The second-order valence-corrected chi connectivity index (χ2v) is 7.77. The Labute approximate surface area is 169 Å². The average molecular weight is 391 g/mol. The van der Waals surface area contributed by atoms with Crippen molar-refractivity contribution in [2.45, 2.75) is 51.6 Å². The lowest BCUT2D eigenvalue weighted by Gasteiger charge is -2.16. The molecule has 0 bridgehead atoms. The minimum absolute atomic E-state index is 0.0167. The van der Waals surface area contributed by atoms with Crippen LogP contribution in [0.4, 0.5) is 0 Å². The van der Waals surface area contributed by atoms with E-state index in [0.717, 1.165) is 48.7 Å². The van der Waals surface area contributed by atoms with Gasteiger partial charge in [-0.25, -0.2) is 0 Å². The topological polar surface area (TPSA) is 92.7 Å². The first-order valence-electron chi connectivity index (χ1n) is 10.0. The fourth-order valence-corrected chi connectivity index (χ4v) is 3.70. The van der Waals surface area contributed by atoms with Crippen LogP contribution in [0, 0.1) is 0 Å². The van der Waals surface area contributed by atoms with Crippen LogP contribution >= 0.6 is 0 Å². The summed E-state index contributed by atoms with van der Waals surface area (Å²) >= 11 is 0. The molecule has 3 aromatic rings. The van der Waals surface area contributed by atoms with Crippen LogP contribution in [0.2, 0.25) is 0 Å². The number of rotatable bonds is 4. The lowest BCUT2D eigenvalue weighted by Crippen LogP contribution is -2.38. The van der Waals surface area contributed by atoms with Gasteiger partial charge < -0.3 is 14.9 Å². The van der Waals surface area contributed by atoms with Gasteiger partial charge in [0.1, 0.15) is 11.4 Å². The van der Waals surface area contributed by atoms with Crippen molar-refractivity contribution >= 4 is 5.91 Å². The van der Waals surface area contributed by atoms with Gasteiger partial charge in [0.2, 0.25) is 0 Å². The molecule has 1 aliphatic rings. The van der Waals surface area contributed by atoms with E-state index in [1.807, 2.05) is 50.2 Å². The van der Waals surface area contributed by atoms with Crippen LogP contribution in [0.5, 0.6) is 0 Å². The lowest BCUT2D eigenvalue weighted by atomic mass is 10.1. The highest BCUT2D eigenvalue weighted by molar-refractivity contribution is 5.94. The Kier molecular flexibility index (Phi) is 5.29. The highest BCUT2D eigenvalue weighted by Crippen LogP contribution is 2.22. The zero-order valence-corrected chi connectivity index (χ0v) is 16.7. The Morgan fingerprint density at radius 2 is 1.93 bits per heavy atom. The summed E-state index contributed by atoms with van der Waals surface area (Å²) in [5.74, 6) is 1.66. The quantitative estimate of drug-likeness (QED) is 0.715. The maximum absolute atomic E-state index is 12.7. The number of carbonyl (C=O) groups is 1. The lowest BCUT2D eigenvalue weighted by molar-refractivity contribution is 0.0931. The third kappa shape index (κ3) is 3.99. The van der Waals surface area contributed by atoms with E-state index in [2.05, 4.69) is 25.1 Å². The normalized spacial score (nSPS) is 16.3. The summed E-state index contributed by atoms with van der Waals surface area (Å²) in [6.07, 6.45) is 2.26. The fraction of sp³-hybridized carbons (Fsp3) is 0.364. The molecule has 2 N–H and O–H groups in total. The third-order valence-electron chi connectivity index (χ3n) is 5.41. The van der Waals surface area contributed by atoms with Gasteiger partial charge in [-0.1, -0.05) is 44.2 Å². The molecule has 7 nitrogen and oxygen atoms in total. The number of H-pyrrole nitrogens is 1. The van der Waals surface area contributed by atoms with Crippen molar-refractivity contribution in [3.63, 3.8) is 0 Å². The molecule has 150 valence electrons. The summed E-state index contributed by atoms with van der Waals surface area (Å²) in [6.45, 7) is 4.72. The van der Waals surface area contributed by atoms with E-state index in [1.54, 1.807) is 6.07 Å². The number of amides is 1. The van der Waals surface area contributed by atoms with Crippen LogP contribution in [0.25, 0.3) is 11.4 Å². The van der Waals surface area contributed by atoms with Crippen LogP contribution in [0.15, 0.2) is 47.3 Å². The number of hydrogen-bond acceptors (Lipinski definition) is 4. The number of hydrogen-bond donors (Lipinski definition) is 2. The number of fused-ring (bicyclic) bond motifs is 1. The molecular formula is C22H25N5O2. The molecule has 4 rings (SSSR count). The van der Waals surface area contributed by atoms with Crippen molar-refractivity contribution < 1.29 is 4.79 Å². The van der Waals surface area contributed by atoms with E-state index in [9.17, 15) is 9.59 Å². The number of aromatic amines is 1. The molecule has 1 amide bonds. The zero-order valence-electron chi connectivity index (χ0n) is 16.7. The Hall–Kier alpha value is -3.22. The molecule has 0 fully saturated rings. The number of pyridine rings is 1. The van der Waals surface area contributed by atoms with E-state index in [4.69, 9.17) is 0 Å². The predicted octanol–water partition coefficient (Wildman–Crippen LogP) is 2.89. The number of carbonyl (C=O) groups excluding carboxylic acids is 1. The standard InChI is InChI=1S/C22H25N5O2/c1-14(2)18-10-9-17(22(29)24-18)21(28)23-16-8-11-19-25-26-20(27(19)13-12-16)15-6-4-3-5-7-15/h3-7,9-10,14,16H,8,11-13H2,1-2H3,(H,23,28)(H,24,29). The summed E-state index contributed by atoms with van der Waals surface area (Å²) in [4.78, 5) is 27.8. The van der Waals surface area contributed by atoms with Crippen molar-refractivity contribution in [1.29, 1.82) is 0 Å². The summed E-state index contributed by atoms with van der Waals surface area (Å²) in [7, 11) is 0. The maximum Gasteiger partial charge on any atom is 0.261 e.